The zero-order chi connectivity index (χ0) is 11.5. The van der Waals surface area contributed by atoms with Crippen molar-refractivity contribution >= 4 is 17.4 Å². The second-order valence-electron chi connectivity index (χ2n) is 3.98. The predicted octanol–water partition coefficient (Wildman–Crippen LogP) is 1.76. The molecule has 0 radical (unpaired) electrons. The molecule has 0 aliphatic rings. The average Bonchev–Trinajstić information content (AvgIpc) is 2.15. The van der Waals surface area contributed by atoms with Crippen LogP contribution in [0.25, 0.3) is 0 Å². The minimum absolute atomic E-state index is 0.337. The average molecular weight is 225 g/mol. The van der Waals surface area contributed by atoms with Gasteiger partial charge >= 0.3 is 0 Å². The van der Waals surface area contributed by atoms with Crippen LogP contribution in [0.3, 0.4) is 0 Å². The van der Waals surface area contributed by atoms with Gasteiger partial charge in [-0.1, -0.05) is 11.6 Å². The molecular weight excluding hydrogens is 212 g/mol. The number of nitrogens with two attached hydrogens (primary N) is 1. The van der Waals surface area contributed by atoms with Crippen LogP contribution in [-0.4, -0.2) is 17.1 Å². The van der Waals surface area contributed by atoms with Crippen molar-refractivity contribution in [1.29, 1.82) is 5.26 Å². The highest BCUT2D eigenvalue weighted by molar-refractivity contribution is 6.34. The first kappa shape index (κ1) is 11.8. The van der Waals surface area contributed by atoms with Crippen LogP contribution in [0, 0.1) is 11.3 Å². The number of anilines is 1. The van der Waals surface area contributed by atoms with Crippen molar-refractivity contribution in [3.05, 3.63) is 22.8 Å². The summed E-state index contributed by atoms with van der Waals surface area (Å²) < 4.78 is 0. The van der Waals surface area contributed by atoms with Crippen LogP contribution < -0.4 is 11.1 Å². The summed E-state index contributed by atoms with van der Waals surface area (Å²) in [6, 6.07) is 3.56. The lowest BCUT2D eigenvalue weighted by Crippen LogP contribution is -2.39. The summed E-state index contributed by atoms with van der Waals surface area (Å²) in [6.07, 6.45) is 1.54. The molecule has 0 atom stereocenters. The lowest BCUT2D eigenvalue weighted by Gasteiger charge is -2.19. The molecule has 0 saturated heterocycles. The molecule has 15 heavy (non-hydrogen) atoms. The Labute approximate surface area is 94.1 Å². The molecule has 0 unspecified atom stereocenters. The van der Waals surface area contributed by atoms with E-state index < -0.39 is 0 Å². The maximum atomic E-state index is 8.76. The number of nitriles is 1. The number of hydrogen-bond acceptors (Lipinski definition) is 4. The van der Waals surface area contributed by atoms with Crippen LogP contribution in [0.1, 0.15) is 19.4 Å². The first-order valence-corrected chi connectivity index (χ1v) is 4.89. The minimum Gasteiger partial charge on any atom is -0.367 e. The lowest BCUT2D eigenvalue weighted by atomic mass is 10.1. The zero-order valence-electron chi connectivity index (χ0n) is 8.71. The van der Waals surface area contributed by atoms with Gasteiger partial charge in [0, 0.05) is 18.3 Å². The van der Waals surface area contributed by atoms with E-state index in [-0.39, 0.29) is 5.54 Å². The highest BCUT2D eigenvalue weighted by Crippen LogP contribution is 2.22. The van der Waals surface area contributed by atoms with E-state index in [1.165, 1.54) is 6.20 Å². The van der Waals surface area contributed by atoms with Gasteiger partial charge in [-0.05, 0) is 19.9 Å². The van der Waals surface area contributed by atoms with Gasteiger partial charge in [-0.2, -0.15) is 5.26 Å². The van der Waals surface area contributed by atoms with E-state index in [0.717, 1.165) is 0 Å². The largest absolute Gasteiger partial charge is 0.367 e. The highest BCUT2D eigenvalue weighted by atomic mass is 35.5. The van der Waals surface area contributed by atoms with E-state index in [9.17, 15) is 0 Å². The third-order valence-electron chi connectivity index (χ3n) is 1.72. The van der Waals surface area contributed by atoms with E-state index >= 15 is 0 Å². The second-order valence-corrected chi connectivity index (χ2v) is 4.35. The Kier molecular flexibility index (Phi) is 3.51. The van der Waals surface area contributed by atoms with Gasteiger partial charge in [-0.15, -0.1) is 0 Å². The standard InChI is InChI=1S/C10H13ClN4/c1-10(2,13)6-15-9-8(11)7(5-12)3-4-14-9/h3-4H,6,13H2,1-2H3,(H,14,15). The number of hydrogen-bond donors (Lipinski definition) is 2. The SMILES string of the molecule is CC(C)(N)CNc1nccc(C#N)c1Cl. The van der Waals surface area contributed by atoms with E-state index in [2.05, 4.69) is 10.3 Å². The molecule has 0 aromatic carbocycles. The van der Waals surface area contributed by atoms with E-state index in [1.54, 1.807) is 6.07 Å². The topological polar surface area (TPSA) is 74.7 Å². The van der Waals surface area contributed by atoms with Crippen molar-refractivity contribution < 1.29 is 0 Å². The van der Waals surface area contributed by atoms with Gasteiger partial charge in [0.2, 0.25) is 0 Å². The first-order valence-electron chi connectivity index (χ1n) is 4.51. The monoisotopic (exact) mass is 224 g/mol. The molecule has 1 aromatic heterocycles. The van der Waals surface area contributed by atoms with Crippen LogP contribution in [0.15, 0.2) is 12.3 Å². The van der Waals surface area contributed by atoms with Crippen molar-refractivity contribution in [1.82, 2.24) is 4.98 Å². The van der Waals surface area contributed by atoms with Crippen molar-refractivity contribution in [3.63, 3.8) is 0 Å². The zero-order valence-corrected chi connectivity index (χ0v) is 9.47. The molecule has 1 heterocycles. The first-order chi connectivity index (χ1) is 6.94. The maximum absolute atomic E-state index is 8.76. The molecule has 0 aliphatic carbocycles. The third kappa shape index (κ3) is 3.39. The smallest absolute Gasteiger partial charge is 0.146 e. The molecule has 5 heteroatoms. The summed E-state index contributed by atoms with van der Waals surface area (Å²) in [5.74, 6) is 0.495. The Morgan fingerprint density at radius 1 is 1.67 bits per heavy atom. The Morgan fingerprint density at radius 3 is 2.87 bits per heavy atom. The molecule has 0 aliphatic heterocycles. The fourth-order valence-electron chi connectivity index (χ4n) is 0.965. The number of aromatic nitrogens is 1. The van der Waals surface area contributed by atoms with Crippen LogP contribution in [0.2, 0.25) is 5.02 Å². The molecule has 1 rings (SSSR count). The fourth-order valence-corrected chi connectivity index (χ4v) is 1.19. The highest BCUT2D eigenvalue weighted by Gasteiger charge is 2.12. The molecular formula is C10H13ClN4. The summed E-state index contributed by atoms with van der Waals surface area (Å²) in [7, 11) is 0. The summed E-state index contributed by atoms with van der Waals surface area (Å²) in [5, 5.41) is 12.1. The lowest BCUT2D eigenvalue weighted by molar-refractivity contribution is 0.548. The van der Waals surface area contributed by atoms with Gasteiger partial charge in [0.1, 0.15) is 16.9 Å². The quantitative estimate of drug-likeness (QED) is 0.821. The number of halogens is 1. The molecule has 1 aromatic rings. The van der Waals surface area contributed by atoms with E-state index in [0.29, 0.717) is 22.9 Å². The van der Waals surface area contributed by atoms with E-state index in [1.807, 2.05) is 19.9 Å². The Bertz CT molecular complexity index is 389. The second kappa shape index (κ2) is 4.47. The van der Waals surface area contributed by atoms with Crippen LogP contribution in [0.4, 0.5) is 5.82 Å². The number of nitrogens with one attached hydrogen (secondary N) is 1. The van der Waals surface area contributed by atoms with Crippen LogP contribution in [0.5, 0.6) is 0 Å². The minimum atomic E-state index is -0.354. The van der Waals surface area contributed by atoms with Crippen molar-refractivity contribution in [2.24, 2.45) is 5.73 Å². The van der Waals surface area contributed by atoms with Crippen molar-refractivity contribution in [2.45, 2.75) is 19.4 Å². The fraction of sp³-hybridized carbons (Fsp3) is 0.400. The van der Waals surface area contributed by atoms with Crippen LogP contribution in [-0.2, 0) is 0 Å². The molecule has 80 valence electrons. The summed E-state index contributed by atoms with van der Waals surface area (Å²) in [4.78, 5) is 4.04. The predicted molar refractivity (Wildman–Crippen MR) is 60.7 cm³/mol. The van der Waals surface area contributed by atoms with Gasteiger partial charge in [0.05, 0.1) is 5.56 Å². The number of nitrogens with zero attached hydrogens (tertiary/aromatic N) is 2. The Hall–Kier alpha value is -1.31. The molecule has 0 fully saturated rings. The number of pyridine rings is 1. The van der Waals surface area contributed by atoms with Crippen molar-refractivity contribution in [3.8, 4) is 6.07 Å². The third-order valence-corrected chi connectivity index (χ3v) is 2.10. The van der Waals surface area contributed by atoms with Gasteiger partial charge < -0.3 is 11.1 Å². The van der Waals surface area contributed by atoms with Gasteiger partial charge in [0.15, 0.2) is 0 Å². The van der Waals surface area contributed by atoms with E-state index in [4.69, 9.17) is 22.6 Å². The van der Waals surface area contributed by atoms with Crippen LogP contribution >= 0.6 is 11.6 Å². The van der Waals surface area contributed by atoms with Gasteiger partial charge in [0.25, 0.3) is 0 Å². The van der Waals surface area contributed by atoms with Crippen molar-refractivity contribution in [2.75, 3.05) is 11.9 Å². The molecule has 0 bridgehead atoms. The van der Waals surface area contributed by atoms with Gasteiger partial charge in [-0.3, -0.25) is 0 Å². The molecule has 0 saturated carbocycles. The summed E-state index contributed by atoms with van der Waals surface area (Å²) >= 11 is 5.95. The normalized spacial score (nSPS) is 10.9. The molecule has 3 N–H and O–H groups in total. The molecule has 0 amide bonds. The number of rotatable bonds is 3. The molecule has 0 spiro atoms. The summed E-state index contributed by atoms with van der Waals surface area (Å²) in [5.41, 5.74) is 5.86. The summed E-state index contributed by atoms with van der Waals surface area (Å²) in [6.45, 7) is 4.32. The maximum Gasteiger partial charge on any atom is 0.146 e. The Morgan fingerprint density at radius 2 is 2.33 bits per heavy atom. The molecule has 4 nitrogen and oxygen atoms in total. The van der Waals surface area contributed by atoms with Gasteiger partial charge in [-0.25, -0.2) is 4.98 Å². The Balaban J connectivity index is 2.83.